The molecule has 0 bridgehead atoms. The molecule has 142 valence electrons. The molecule has 29 heavy (non-hydrogen) atoms. The van der Waals surface area contributed by atoms with Gasteiger partial charge < -0.3 is 9.73 Å². The molecule has 0 unspecified atom stereocenters. The van der Waals surface area contributed by atoms with E-state index in [-0.39, 0.29) is 5.82 Å². The van der Waals surface area contributed by atoms with Gasteiger partial charge in [-0.15, -0.1) is 11.3 Å². The number of rotatable bonds is 4. The van der Waals surface area contributed by atoms with Gasteiger partial charge in [0, 0.05) is 40.3 Å². The van der Waals surface area contributed by atoms with E-state index in [1.165, 1.54) is 29.5 Å². The summed E-state index contributed by atoms with van der Waals surface area (Å²) in [6, 6.07) is 15.0. The highest BCUT2D eigenvalue weighted by Crippen LogP contribution is 2.27. The zero-order valence-electron chi connectivity index (χ0n) is 15.3. The van der Waals surface area contributed by atoms with E-state index in [1.807, 2.05) is 24.4 Å². The summed E-state index contributed by atoms with van der Waals surface area (Å²) in [4.78, 5) is 16.1. The van der Waals surface area contributed by atoms with Gasteiger partial charge in [-0.3, -0.25) is 0 Å². The summed E-state index contributed by atoms with van der Waals surface area (Å²) in [5.74, 6) is -0.313. The zero-order valence-corrected chi connectivity index (χ0v) is 16.1. The van der Waals surface area contributed by atoms with Crippen LogP contribution >= 0.6 is 11.3 Å². The Morgan fingerprint density at radius 3 is 2.79 bits per heavy atom. The molecule has 0 amide bonds. The van der Waals surface area contributed by atoms with Crippen LogP contribution in [0.2, 0.25) is 0 Å². The number of aryl methyl sites for hydroxylation is 1. The van der Waals surface area contributed by atoms with Crippen LogP contribution in [0.15, 0.2) is 69.3 Å². The van der Waals surface area contributed by atoms with E-state index in [9.17, 15) is 14.4 Å². The second kappa shape index (κ2) is 7.70. The number of hydrogen-bond donors (Lipinski definition) is 1. The number of thiazole rings is 1. The Kier molecular flexibility index (Phi) is 4.94. The number of aromatic nitrogens is 1. The number of fused-ring (bicyclic) bond motifs is 1. The molecule has 1 N–H and O–H groups in total. The van der Waals surface area contributed by atoms with Gasteiger partial charge in [0.2, 0.25) is 0 Å². The highest BCUT2D eigenvalue weighted by atomic mass is 32.1. The van der Waals surface area contributed by atoms with Crippen LogP contribution in [0, 0.1) is 24.1 Å². The average molecular weight is 403 g/mol. The second-order valence-corrected chi connectivity index (χ2v) is 7.18. The fraction of sp³-hybridized carbons (Fsp3) is 0.0455. The van der Waals surface area contributed by atoms with Crippen molar-refractivity contribution >= 4 is 33.6 Å². The third-order valence-corrected chi connectivity index (χ3v) is 5.21. The Balaban J connectivity index is 1.60. The predicted octanol–water partition coefficient (Wildman–Crippen LogP) is 5.34. The quantitative estimate of drug-likeness (QED) is 0.367. The lowest BCUT2D eigenvalue weighted by atomic mass is 10.1. The third-order valence-electron chi connectivity index (χ3n) is 4.33. The van der Waals surface area contributed by atoms with E-state index in [0.29, 0.717) is 27.5 Å². The van der Waals surface area contributed by atoms with E-state index in [4.69, 9.17) is 4.42 Å². The number of nitriles is 1. The number of nitrogens with one attached hydrogen (secondary N) is 1. The van der Waals surface area contributed by atoms with Gasteiger partial charge in [-0.1, -0.05) is 0 Å². The molecule has 2 heterocycles. The standard InChI is InChI=1S/C22H14FN3O2S/c1-13-8-21(27)28-20-9-17(6-7-18(13)20)25-11-15(10-24)22-26-19(12-29-22)14-2-4-16(23)5-3-14/h2-9,11-12,25H,1H3/b15-11+. The summed E-state index contributed by atoms with van der Waals surface area (Å²) in [5.41, 5.74) is 3.39. The van der Waals surface area contributed by atoms with E-state index >= 15 is 0 Å². The van der Waals surface area contributed by atoms with Crippen molar-refractivity contribution < 1.29 is 8.81 Å². The van der Waals surface area contributed by atoms with Gasteiger partial charge in [-0.05, 0) is 48.9 Å². The summed E-state index contributed by atoms with van der Waals surface area (Å²) < 4.78 is 18.3. The molecule has 0 atom stereocenters. The minimum absolute atomic E-state index is 0.313. The van der Waals surface area contributed by atoms with Crippen molar-refractivity contribution in [1.82, 2.24) is 4.98 Å². The van der Waals surface area contributed by atoms with Crippen molar-refractivity contribution in [2.45, 2.75) is 6.92 Å². The first kappa shape index (κ1) is 18.6. The normalized spacial score (nSPS) is 11.4. The van der Waals surface area contributed by atoms with Crippen molar-refractivity contribution in [2.24, 2.45) is 0 Å². The molecule has 0 saturated carbocycles. The van der Waals surface area contributed by atoms with Crippen molar-refractivity contribution in [3.63, 3.8) is 0 Å². The molecule has 4 aromatic rings. The molecular weight excluding hydrogens is 389 g/mol. The topological polar surface area (TPSA) is 78.9 Å². The lowest BCUT2D eigenvalue weighted by molar-refractivity contribution is 0.560. The smallest absolute Gasteiger partial charge is 0.336 e. The molecule has 0 saturated heterocycles. The lowest BCUT2D eigenvalue weighted by Crippen LogP contribution is -1.98. The van der Waals surface area contributed by atoms with Crippen LogP contribution in [0.1, 0.15) is 10.6 Å². The Bertz CT molecular complexity index is 1330. The maximum atomic E-state index is 13.1. The largest absolute Gasteiger partial charge is 0.423 e. The van der Waals surface area contributed by atoms with Gasteiger partial charge in [-0.25, -0.2) is 14.2 Å². The summed E-state index contributed by atoms with van der Waals surface area (Å²) in [6.07, 6.45) is 1.56. The monoisotopic (exact) mass is 403 g/mol. The van der Waals surface area contributed by atoms with Crippen LogP contribution in [0.5, 0.6) is 0 Å². The maximum absolute atomic E-state index is 13.1. The van der Waals surface area contributed by atoms with Gasteiger partial charge in [0.15, 0.2) is 0 Å². The highest BCUT2D eigenvalue weighted by Gasteiger charge is 2.09. The molecular formula is C22H14FN3O2S. The van der Waals surface area contributed by atoms with Gasteiger partial charge >= 0.3 is 5.63 Å². The fourth-order valence-corrected chi connectivity index (χ4v) is 3.66. The predicted molar refractivity (Wildman–Crippen MR) is 112 cm³/mol. The molecule has 0 radical (unpaired) electrons. The molecule has 7 heteroatoms. The van der Waals surface area contributed by atoms with E-state index in [2.05, 4.69) is 16.4 Å². The van der Waals surface area contributed by atoms with Gasteiger partial charge in [-0.2, -0.15) is 5.26 Å². The molecule has 0 aliphatic carbocycles. The average Bonchev–Trinajstić information content (AvgIpc) is 3.18. The molecule has 0 fully saturated rings. The number of benzene rings is 2. The summed E-state index contributed by atoms with van der Waals surface area (Å²) in [7, 11) is 0. The van der Waals surface area contributed by atoms with Crippen LogP contribution < -0.4 is 10.9 Å². The third kappa shape index (κ3) is 3.93. The molecule has 0 aliphatic rings. The van der Waals surface area contributed by atoms with Crippen LogP contribution in [-0.2, 0) is 0 Å². The van der Waals surface area contributed by atoms with Crippen molar-refractivity contribution in [2.75, 3.05) is 5.32 Å². The molecule has 2 aromatic carbocycles. The fourth-order valence-electron chi connectivity index (χ4n) is 2.86. The highest BCUT2D eigenvalue weighted by molar-refractivity contribution is 7.11. The number of anilines is 1. The van der Waals surface area contributed by atoms with Gasteiger partial charge in [0.25, 0.3) is 0 Å². The van der Waals surface area contributed by atoms with E-state index in [0.717, 1.165) is 16.5 Å². The van der Waals surface area contributed by atoms with E-state index in [1.54, 1.807) is 24.4 Å². The van der Waals surface area contributed by atoms with Crippen molar-refractivity contribution in [3.8, 4) is 17.3 Å². The van der Waals surface area contributed by atoms with Crippen molar-refractivity contribution in [1.29, 1.82) is 5.26 Å². The zero-order chi connectivity index (χ0) is 20.4. The van der Waals surface area contributed by atoms with Gasteiger partial charge in [0.1, 0.15) is 28.1 Å². The van der Waals surface area contributed by atoms with Crippen molar-refractivity contribution in [3.05, 3.63) is 86.9 Å². The minimum Gasteiger partial charge on any atom is -0.423 e. The summed E-state index contributed by atoms with van der Waals surface area (Å²) in [6.45, 7) is 1.85. The number of allylic oxidation sites excluding steroid dienone is 1. The second-order valence-electron chi connectivity index (χ2n) is 6.32. The molecule has 4 rings (SSSR count). The first-order chi connectivity index (χ1) is 14.0. The Hall–Kier alpha value is -3.76. The minimum atomic E-state index is -0.406. The number of halogens is 1. The first-order valence-corrected chi connectivity index (χ1v) is 9.54. The summed E-state index contributed by atoms with van der Waals surface area (Å²) in [5, 5.41) is 15.8. The molecule has 2 aromatic heterocycles. The van der Waals surface area contributed by atoms with Crippen LogP contribution in [-0.4, -0.2) is 4.98 Å². The first-order valence-electron chi connectivity index (χ1n) is 8.66. The Morgan fingerprint density at radius 2 is 2.03 bits per heavy atom. The van der Waals surface area contributed by atoms with E-state index < -0.39 is 5.63 Å². The Labute approximate surface area is 169 Å². The lowest BCUT2D eigenvalue weighted by Gasteiger charge is -2.05. The van der Waals surface area contributed by atoms with Crippen LogP contribution in [0.4, 0.5) is 10.1 Å². The molecule has 0 aliphatic heterocycles. The van der Waals surface area contributed by atoms with Crippen LogP contribution in [0.3, 0.4) is 0 Å². The SMILES string of the molecule is Cc1cc(=O)oc2cc(N/C=C(\C#N)c3nc(-c4ccc(F)cc4)cs3)ccc12. The molecule has 5 nitrogen and oxygen atoms in total. The Morgan fingerprint density at radius 1 is 1.24 bits per heavy atom. The summed E-state index contributed by atoms with van der Waals surface area (Å²) >= 11 is 1.33. The number of nitrogens with zero attached hydrogens (tertiary/aromatic N) is 2. The van der Waals surface area contributed by atoms with Crippen LogP contribution in [0.25, 0.3) is 27.8 Å². The van der Waals surface area contributed by atoms with Gasteiger partial charge in [0.05, 0.1) is 5.69 Å². The maximum Gasteiger partial charge on any atom is 0.336 e. The molecule has 0 spiro atoms. The number of hydrogen-bond acceptors (Lipinski definition) is 6.